The van der Waals surface area contributed by atoms with Gasteiger partial charge in [-0.15, -0.1) is 0 Å². The highest BCUT2D eigenvalue weighted by molar-refractivity contribution is 6.33. The fourth-order valence-electron chi connectivity index (χ4n) is 1.51. The first-order valence-corrected chi connectivity index (χ1v) is 5.72. The van der Waals surface area contributed by atoms with Crippen molar-refractivity contribution < 1.29 is 4.79 Å². The van der Waals surface area contributed by atoms with E-state index in [0.29, 0.717) is 5.02 Å². The zero-order valence-electron chi connectivity index (χ0n) is 8.82. The number of nitrogens with one attached hydrogen (secondary N) is 1. The van der Waals surface area contributed by atoms with Gasteiger partial charge in [0.25, 0.3) is 0 Å². The molecule has 0 spiro atoms. The third-order valence-electron chi connectivity index (χ3n) is 2.76. The highest BCUT2D eigenvalue weighted by Gasteiger charge is 2.24. The predicted molar refractivity (Wildman–Crippen MR) is 64.5 cm³/mol. The Morgan fingerprint density at radius 1 is 1.44 bits per heavy atom. The van der Waals surface area contributed by atoms with Crippen LogP contribution in [0, 0.1) is 5.92 Å². The summed E-state index contributed by atoms with van der Waals surface area (Å²) in [5, 5.41) is 4.53. The van der Waals surface area contributed by atoms with Crippen LogP contribution in [0.2, 0.25) is 5.02 Å². The van der Waals surface area contributed by atoms with Crippen molar-refractivity contribution in [1.29, 1.82) is 0 Å². The third kappa shape index (κ3) is 2.61. The molecule has 0 aliphatic heterocycles. The molecular formula is C12H13ClN2O. The molecule has 2 rings (SSSR count). The lowest BCUT2D eigenvalue weighted by Gasteiger charge is -2.22. The number of carbonyl (C=O) groups excluding carboxylic acids is 1. The topological polar surface area (TPSA) is 41.5 Å². The Morgan fingerprint density at radius 3 is 2.81 bits per heavy atom. The van der Waals surface area contributed by atoms with Gasteiger partial charge < -0.3 is 0 Å². The summed E-state index contributed by atoms with van der Waals surface area (Å²) >= 11 is 5.94. The van der Waals surface area contributed by atoms with Crippen LogP contribution in [0.1, 0.15) is 24.8 Å². The van der Waals surface area contributed by atoms with Crippen molar-refractivity contribution in [3.63, 3.8) is 0 Å². The van der Waals surface area contributed by atoms with Crippen LogP contribution in [0.4, 0.5) is 0 Å². The van der Waals surface area contributed by atoms with Crippen molar-refractivity contribution in [1.82, 2.24) is 5.43 Å². The van der Waals surface area contributed by atoms with Gasteiger partial charge in [0.15, 0.2) is 0 Å². The molecule has 4 heteroatoms. The summed E-state index contributed by atoms with van der Waals surface area (Å²) in [6.45, 7) is 0. The first-order chi connectivity index (χ1) is 7.77. The van der Waals surface area contributed by atoms with Gasteiger partial charge in [-0.3, -0.25) is 4.79 Å². The van der Waals surface area contributed by atoms with Crippen LogP contribution in [0.5, 0.6) is 0 Å². The van der Waals surface area contributed by atoms with Crippen molar-refractivity contribution in [2.75, 3.05) is 0 Å². The number of amides is 1. The standard InChI is InChI=1S/C12H13ClN2O/c13-11-7-2-1-4-10(11)8-14-15-12(16)9-5-3-6-9/h1-2,4,7-9H,3,5-6H2,(H,15,16)/b14-8-. The van der Waals surface area contributed by atoms with Crippen LogP contribution < -0.4 is 5.43 Å². The highest BCUT2D eigenvalue weighted by Crippen LogP contribution is 2.26. The summed E-state index contributed by atoms with van der Waals surface area (Å²) in [4.78, 5) is 11.4. The van der Waals surface area contributed by atoms with Crippen molar-refractivity contribution >= 4 is 23.7 Å². The SMILES string of the molecule is O=C(N/N=C\c1ccccc1Cl)C1CCC1. The van der Waals surface area contributed by atoms with E-state index in [0.717, 1.165) is 24.8 Å². The molecule has 1 aromatic carbocycles. The van der Waals surface area contributed by atoms with Gasteiger partial charge in [0, 0.05) is 16.5 Å². The van der Waals surface area contributed by atoms with Crippen LogP contribution in [-0.4, -0.2) is 12.1 Å². The Hall–Kier alpha value is -1.35. The van der Waals surface area contributed by atoms with Crippen LogP contribution in [-0.2, 0) is 4.79 Å². The average molecular weight is 237 g/mol. The van der Waals surface area contributed by atoms with E-state index in [1.807, 2.05) is 18.2 Å². The third-order valence-corrected chi connectivity index (χ3v) is 3.10. The number of carbonyl (C=O) groups is 1. The lowest BCUT2D eigenvalue weighted by molar-refractivity contribution is -0.127. The summed E-state index contributed by atoms with van der Waals surface area (Å²) in [6.07, 6.45) is 4.67. The van der Waals surface area contributed by atoms with Gasteiger partial charge in [-0.05, 0) is 18.9 Å². The highest BCUT2D eigenvalue weighted by atomic mass is 35.5. The first-order valence-electron chi connectivity index (χ1n) is 5.35. The fraction of sp³-hybridized carbons (Fsp3) is 0.333. The monoisotopic (exact) mass is 236 g/mol. The molecule has 0 atom stereocenters. The molecule has 0 aromatic heterocycles. The van der Waals surface area contributed by atoms with E-state index in [1.165, 1.54) is 0 Å². The first kappa shape index (κ1) is 11.1. The molecule has 0 unspecified atom stereocenters. The molecule has 16 heavy (non-hydrogen) atoms. The summed E-state index contributed by atoms with van der Waals surface area (Å²) in [6, 6.07) is 7.37. The fourth-order valence-corrected chi connectivity index (χ4v) is 1.69. The largest absolute Gasteiger partial charge is 0.273 e. The van der Waals surface area contributed by atoms with E-state index in [-0.39, 0.29) is 11.8 Å². The number of hydrogen-bond donors (Lipinski definition) is 1. The lowest BCUT2D eigenvalue weighted by atomic mass is 9.85. The Bertz CT molecular complexity index is 413. The maximum Gasteiger partial charge on any atom is 0.243 e. The number of nitrogens with zero attached hydrogens (tertiary/aromatic N) is 1. The van der Waals surface area contributed by atoms with Gasteiger partial charge in [0.2, 0.25) is 5.91 Å². The molecule has 1 amide bonds. The molecule has 84 valence electrons. The van der Waals surface area contributed by atoms with Crippen LogP contribution in [0.15, 0.2) is 29.4 Å². The van der Waals surface area contributed by atoms with E-state index in [1.54, 1.807) is 12.3 Å². The zero-order valence-corrected chi connectivity index (χ0v) is 9.57. The van der Waals surface area contributed by atoms with Crippen molar-refractivity contribution in [3.8, 4) is 0 Å². The van der Waals surface area contributed by atoms with Crippen LogP contribution in [0.25, 0.3) is 0 Å². The molecule has 0 radical (unpaired) electrons. The van der Waals surface area contributed by atoms with E-state index in [4.69, 9.17) is 11.6 Å². The van der Waals surface area contributed by atoms with Gasteiger partial charge >= 0.3 is 0 Å². The number of hydrogen-bond acceptors (Lipinski definition) is 2. The molecule has 1 N–H and O–H groups in total. The van der Waals surface area contributed by atoms with E-state index >= 15 is 0 Å². The molecule has 0 saturated heterocycles. The van der Waals surface area contributed by atoms with Crippen LogP contribution in [0.3, 0.4) is 0 Å². The molecule has 0 bridgehead atoms. The van der Waals surface area contributed by atoms with Gasteiger partial charge in [-0.25, -0.2) is 5.43 Å². The summed E-state index contributed by atoms with van der Waals surface area (Å²) in [7, 11) is 0. The number of halogens is 1. The van der Waals surface area contributed by atoms with Crippen molar-refractivity contribution in [3.05, 3.63) is 34.9 Å². The predicted octanol–water partition coefficient (Wildman–Crippen LogP) is 2.59. The maximum atomic E-state index is 11.4. The average Bonchev–Trinajstić information content (AvgIpc) is 2.18. The summed E-state index contributed by atoms with van der Waals surface area (Å²) < 4.78 is 0. The minimum atomic E-state index is 0.00885. The molecule has 1 aliphatic rings. The molecule has 0 heterocycles. The second-order valence-electron chi connectivity index (χ2n) is 3.88. The molecule has 1 fully saturated rings. The molecule has 3 nitrogen and oxygen atoms in total. The number of rotatable bonds is 3. The Morgan fingerprint density at radius 2 is 2.19 bits per heavy atom. The van der Waals surface area contributed by atoms with E-state index in [2.05, 4.69) is 10.5 Å². The minimum absolute atomic E-state index is 0.00885. The van der Waals surface area contributed by atoms with Gasteiger partial charge in [0.1, 0.15) is 0 Å². The normalized spacial score (nSPS) is 16.1. The molecule has 1 aromatic rings. The van der Waals surface area contributed by atoms with Gasteiger partial charge in [0.05, 0.1) is 6.21 Å². The Labute approximate surface area is 99.5 Å². The number of hydrazone groups is 1. The quantitative estimate of drug-likeness (QED) is 0.636. The smallest absolute Gasteiger partial charge is 0.243 e. The lowest BCUT2D eigenvalue weighted by Crippen LogP contribution is -2.31. The van der Waals surface area contributed by atoms with E-state index < -0.39 is 0 Å². The number of benzene rings is 1. The van der Waals surface area contributed by atoms with Crippen LogP contribution >= 0.6 is 11.6 Å². The Kier molecular flexibility index (Phi) is 3.57. The van der Waals surface area contributed by atoms with Crippen molar-refractivity contribution in [2.24, 2.45) is 11.0 Å². The van der Waals surface area contributed by atoms with Gasteiger partial charge in [-0.2, -0.15) is 5.10 Å². The second kappa shape index (κ2) is 5.12. The summed E-state index contributed by atoms with van der Waals surface area (Å²) in [5.74, 6) is 0.165. The second-order valence-corrected chi connectivity index (χ2v) is 4.29. The van der Waals surface area contributed by atoms with Gasteiger partial charge in [-0.1, -0.05) is 36.2 Å². The zero-order chi connectivity index (χ0) is 11.4. The molecule has 1 aliphatic carbocycles. The summed E-state index contributed by atoms with van der Waals surface area (Å²) in [5.41, 5.74) is 3.34. The minimum Gasteiger partial charge on any atom is -0.273 e. The Balaban J connectivity index is 1.89. The van der Waals surface area contributed by atoms with Crippen molar-refractivity contribution in [2.45, 2.75) is 19.3 Å². The molecule has 1 saturated carbocycles. The molecular weight excluding hydrogens is 224 g/mol. The van der Waals surface area contributed by atoms with E-state index in [9.17, 15) is 4.79 Å². The maximum absolute atomic E-state index is 11.4.